The zero-order valence-corrected chi connectivity index (χ0v) is 17.5. The molecule has 2 aromatic carbocycles. The van der Waals surface area contributed by atoms with Crippen molar-refractivity contribution in [3.63, 3.8) is 0 Å². The molecule has 0 spiro atoms. The van der Waals surface area contributed by atoms with Crippen molar-refractivity contribution in [2.75, 3.05) is 25.0 Å². The van der Waals surface area contributed by atoms with Gasteiger partial charge in [0.05, 0.1) is 6.42 Å². The van der Waals surface area contributed by atoms with Gasteiger partial charge >= 0.3 is 0 Å². The molecule has 1 fully saturated rings. The van der Waals surface area contributed by atoms with Gasteiger partial charge in [-0.15, -0.1) is 0 Å². The number of likely N-dealkylation sites (tertiary alicyclic amines) is 1. The summed E-state index contributed by atoms with van der Waals surface area (Å²) in [6.07, 6.45) is 2.85. The molecule has 0 unspecified atom stereocenters. The van der Waals surface area contributed by atoms with Crippen molar-refractivity contribution in [3.05, 3.63) is 59.2 Å². The Morgan fingerprint density at radius 1 is 1.10 bits per heavy atom. The third-order valence-electron chi connectivity index (χ3n) is 5.91. The predicted molar refractivity (Wildman–Crippen MR) is 115 cm³/mol. The van der Waals surface area contributed by atoms with Gasteiger partial charge in [-0.2, -0.15) is 0 Å². The van der Waals surface area contributed by atoms with Gasteiger partial charge in [0.1, 0.15) is 5.75 Å². The van der Waals surface area contributed by atoms with Gasteiger partial charge in [0.15, 0.2) is 18.0 Å². The van der Waals surface area contributed by atoms with Crippen LogP contribution >= 0.6 is 0 Å². The number of aryl methyl sites for hydroxylation is 1. The molecule has 7 nitrogen and oxygen atoms in total. The highest BCUT2D eigenvalue weighted by Gasteiger charge is 2.46. The summed E-state index contributed by atoms with van der Waals surface area (Å²) in [4.78, 5) is 39.2. The first kappa shape index (κ1) is 21.1. The molecule has 0 radical (unpaired) electrons. The van der Waals surface area contributed by atoms with Crippen molar-refractivity contribution < 1.29 is 24.2 Å². The largest absolute Gasteiger partial charge is 0.484 e. The standard InChI is InChI=1S/C24H26N2O5/c1-16-5-10-20-19(13-16)24(30,23(29)25-20)14-21(27)17-6-8-18(9-7-17)31-15-22(28)26-11-3-2-4-12-26/h5-10,13,30H,2-4,11-12,14-15H2,1H3,(H,25,29)/t24-/m1/s1. The zero-order valence-electron chi connectivity index (χ0n) is 17.5. The van der Waals surface area contributed by atoms with Crippen molar-refractivity contribution in [1.82, 2.24) is 4.90 Å². The summed E-state index contributed by atoms with van der Waals surface area (Å²) in [5, 5.41) is 13.6. The number of rotatable bonds is 6. The number of fused-ring (bicyclic) bond motifs is 1. The molecular weight excluding hydrogens is 396 g/mol. The van der Waals surface area contributed by atoms with E-state index in [1.807, 2.05) is 17.9 Å². The van der Waals surface area contributed by atoms with Crippen LogP contribution in [0.3, 0.4) is 0 Å². The topological polar surface area (TPSA) is 95.9 Å². The molecule has 7 heteroatoms. The Hall–Kier alpha value is -3.19. The molecule has 1 saturated heterocycles. The molecule has 31 heavy (non-hydrogen) atoms. The van der Waals surface area contributed by atoms with Gasteiger partial charge in [0.2, 0.25) is 0 Å². The van der Waals surface area contributed by atoms with Gasteiger partial charge < -0.3 is 20.1 Å². The molecule has 1 atom stereocenters. The van der Waals surface area contributed by atoms with E-state index in [4.69, 9.17) is 4.74 Å². The molecular formula is C24H26N2O5. The first-order valence-corrected chi connectivity index (χ1v) is 10.6. The minimum atomic E-state index is -1.89. The van der Waals surface area contributed by atoms with Crippen LogP contribution in [0.4, 0.5) is 5.69 Å². The number of ketones is 1. The molecule has 2 aliphatic rings. The minimum Gasteiger partial charge on any atom is -0.484 e. The lowest BCUT2D eigenvalue weighted by Crippen LogP contribution is -2.38. The second-order valence-corrected chi connectivity index (χ2v) is 8.22. The Labute approximate surface area is 181 Å². The van der Waals surface area contributed by atoms with E-state index in [0.29, 0.717) is 22.6 Å². The molecule has 2 aromatic rings. The second-order valence-electron chi connectivity index (χ2n) is 8.22. The average Bonchev–Trinajstić information content (AvgIpc) is 3.02. The minimum absolute atomic E-state index is 0.0383. The molecule has 0 aromatic heterocycles. The number of piperidine rings is 1. The van der Waals surface area contributed by atoms with E-state index in [1.54, 1.807) is 36.4 Å². The Kier molecular flexibility index (Phi) is 5.78. The first-order chi connectivity index (χ1) is 14.9. The summed E-state index contributed by atoms with van der Waals surface area (Å²) in [7, 11) is 0. The van der Waals surface area contributed by atoms with E-state index in [-0.39, 0.29) is 24.7 Å². The van der Waals surface area contributed by atoms with Crippen LogP contribution in [0.2, 0.25) is 0 Å². The fraction of sp³-hybridized carbons (Fsp3) is 0.375. The number of nitrogens with one attached hydrogen (secondary N) is 1. The van der Waals surface area contributed by atoms with Crippen LogP contribution in [0.25, 0.3) is 0 Å². The maximum atomic E-state index is 12.8. The van der Waals surface area contributed by atoms with Gasteiger partial charge in [0, 0.05) is 29.9 Å². The number of amides is 2. The fourth-order valence-corrected chi connectivity index (χ4v) is 4.08. The van der Waals surface area contributed by atoms with Gasteiger partial charge in [-0.1, -0.05) is 17.7 Å². The van der Waals surface area contributed by atoms with E-state index in [1.165, 1.54) is 0 Å². The lowest BCUT2D eigenvalue weighted by atomic mass is 9.87. The number of carbonyl (C=O) groups is 3. The van der Waals surface area contributed by atoms with E-state index in [0.717, 1.165) is 37.9 Å². The quantitative estimate of drug-likeness (QED) is 0.698. The predicted octanol–water partition coefficient (Wildman–Crippen LogP) is 2.80. The maximum absolute atomic E-state index is 12.8. The Morgan fingerprint density at radius 2 is 1.81 bits per heavy atom. The number of ether oxygens (including phenoxy) is 1. The van der Waals surface area contributed by atoms with Crippen molar-refractivity contribution in [2.45, 2.75) is 38.2 Å². The highest BCUT2D eigenvalue weighted by molar-refractivity contribution is 6.09. The molecule has 0 saturated carbocycles. The second kappa shape index (κ2) is 8.51. The molecule has 162 valence electrons. The van der Waals surface area contributed by atoms with Crippen LogP contribution in [0.5, 0.6) is 5.75 Å². The average molecular weight is 422 g/mol. The number of benzene rings is 2. The molecule has 2 amide bonds. The summed E-state index contributed by atoms with van der Waals surface area (Å²) in [6, 6.07) is 11.7. The molecule has 0 bridgehead atoms. The molecule has 4 rings (SSSR count). The van der Waals surface area contributed by atoms with E-state index < -0.39 is 11.5 Å². The SMILES string of the molecule is Cc1ccc2c(c1)[C@](O)(CC(=O)c1ccc(OCC(=O)N3CCCCC3)cc1)C(=O)N2. The lowest BCUT2D eigenvalue weighted by Gasteiger charge is -2.26. The van der Waals surface area contributed by atoms with Crippen molar-refractivity contribution >= 4 is 23.3 Å². The molecule has 2 heterocycles. The fourth-order valence-electron chi connectivity index (χ4n) is 4.08. The lowest BCUT2D eigenvalue weighted by molar-refractivity contribution is -0.134. The third kappa shape index (κ3) is 4.32. The summed E-state index contributed by atoms with van der Waals surface area (Å²) < 4.78 is 5.57. The van der Waals surface area contributed by atoms with Crippen LogP contribution in [-0.4, -0.2) is 47.3 Å². The Balaban J connectivity index is 1.39. The van der Waals surface area contributed by atoms with Crippen LogP contribution in [-0.2, 0) is 15.2 Å². The summed E-state index contributed by atoms with van der Waals surface area (Å²) >= 11 is 0. The number of nitrogens with zero attached hydrogens (tertiary/aromatic N) is 1. The summed E-state index contributed by atoms with van der Waals surface area (Å²) in [5.74, 6) is -0.510. The van der Waals surface area contributed by atoms with Crippen LogP contribution in [0, 0.1) is 6.92 Å². The smallest absolute Gasteiger partial charge is 0.261 e. The normalized spacial score (nSPS) is 20.2. The maximum Gasteiger partial charge on any atom is 0.261 e. The first-order valence-electron chi connectivity index (χ1n) is 10.6. The van der Waals surface area contributed by atoms with Gasteiger partial charge in [-0.25, -0.2) is 0 Å². The number of hydrogen-bond donors (Lipinski definition) is 2. The molecule has 2 N–H and O–H groups in total. The number of anilines is 1. The molecule has 2 aliphatic heterocycles. The highest BCUT2D eigenvalue weighted by Crippen LogP contribution is 2.39. The summed E-state index contributed by atoms with van der Waals surface area (Å²) in [6.45, 7) is 3.37. The van der Waals surface area contributed by atoms with E-state index in [2.05, 4.69) is 5.32 Å². The number of carbonyl (C=O) groups excluding carboxylic acids is 3. The molecule has 0 aliphatic carbocycles. The zero-order chi connectivity index (χ0) is 22.0. The van der Waals surface area contributed by atoms with E-state index in [9.17, 15) is 19.5 Å². The Morgan fingerprint density at radius 3 is 2.52 bits per heavy atom. The summed E-state index contributed by atoms with van der Waals surface area (Å²) in [5.41, 5.74) is 0.294. The number of hydrogen-bond acceptors (Lipinski definition) is 5. The number of Topliss-reactive ketones (excluding diaryl/α,β-unsaturated/α-hetero) is 1. The van der Waals surface area contributed by atoms with Crippen molar-refractivity contribution in [3.8, 4) is 5.75 Å². The number of aliphatic hydroxyl groups is 1. The van der Waals surface area contributed by atoms with Gasteiger partial charge in [-0.3, -0.25) is 14.4 Å². The van der Waals surface area contributed by atoms with Crippen molar-refractivity contribution in [2.24, 2.45) is 0 Å². The van der Waals surface area contributed by atoms with Crippen molar-refractivity contribution in [1.29, 1.82) is 0 Å². The van der Waals surface area contributed by atoms with Gasteiger partial charge in [-0.05, 0) is 56.5 Å². The highest BCUT2D eigenvalue weighted by atomic mass is 16.5. The Bertz CT molecular complexity index is 1010. The van der Waals surface area contributed by atoms with Gasteiger partial charge in [0.25, 0.3) is 11.8 Å². The van der Waals surface area contributed by atoms with Crippen LogP contribution in [0.15, 0.2) is 42.5 Å². The third-order valence-corrected chi connectivity index (χ3v) is 5.91. The monoisotopic (exact) mass is 422 g/mol. The van der Waals surface area contributed by atoms with Crippen LogP contribution < -0.4 is 10.1 Å². The van der Waals surface area contributed by atoms with Crippen LogP contribution in [0.1, 0.15) is 47.2 Å². The van der Waals surface area contributed by atoms with E-state index >= 15 is 0 Å².